The van der Waals surface area contributed by atoms with E-state index in [0.717, 1.165) is 12.1 Å². The molecule has 0 aliphatic carbocycles. The van der Waals surface area contributed by atoms with E-state index in [-0.39, 0.29) is 17.4 Å². The van der Waals surface area contributed by atoms with E-state index in [0.29, 0.717) is 13.1 Å². The van der Waals surface area contributed by atoms with E-state index in [1.807, 2.05) is 0 Å². The Balaban J connectivity index is 2.70. The van der Waals surface area contributed by atoms with Crippen LogP contribution in [0.3, 0.4) is 0 Å². The van der Waals surface area contributed by atoms with Crippen molar-refractivity contribution in [3.63, 3.8) is 0 Å². The van der Waals surface area contributed by atoms with E-state index in [1.54, 1.807) is 0 Å². The van der Waals surface area contributed by atoms with Gasteiger partial charge in [0.15, 0.2) is 0 Å². The molecule has 0 saturated heterocycles. The number of carbonyl (C=O) groups excluding carboxylic acids is 1. The molecule has 0 heterocycles. The Morgan fingerprint density at radius 2 is 1.60 bits per heavy atom. The first-order valence-electron chi connectivity index (χ1n) is 5.73. The molecule has 0 unspecified atom stereocenters. The van der Waals surface area contributed by atoms with Crippen LogP contribution in [0.4, 0.5) is 23.7 Å². The number of carbonyl (C=O) groups is 1. The first-order chi connectivity index (χ1) is 9.38. The molecule has 0 radical (unpaired) electrons. The third kappa shape index (κ3) is 5.09. The van der Waals surface area contributed by atoms with E-state index >= 15 is 0 Å². The van der Waals surface area contributed by atoms with Crippen LogP contribution in [0.5, 0.6) is 0 Å². The molecule has 1 aromatic rings. The van der Waals surface area contributed by atoms with Crippen molar-refractivity contribution < 1.29 is 18.0 Å². The Labute approximate surface area is 124 Å². The van der Waals surface area contributed by atoms with Crippen molar-refractivity contribution in [3.05, 3.63) is 29.8 Å². The standard InChI is InChI=1S/C12H13Cl2F3N2O/c13-5-7-19(8-6-14)11(20)18-10-3-1-9(2-4-10)12(15,16)17/h1-4H,5-8H2,(H,18,20). The van der Waals surface area contributed by atoms with Crippen LogP contribution in [0, 0.1) is 0 Å². The number of urea groups is 1. The van der Waals surface area contributed by atoms with Crippen LogP contribution in [0.1, 0.15) is 5.56 Å². The SMILES string of the molecule is O=C(Nc1ccc(C(F)(F)F)cc1)N(CCCl)CCCl. The van der Waals surface area contributed by atoms with Crippen molar-refractivity contribution in [2.45, 2.75) is 6.18 Å². The fraction of sp³-hybridized carbons (Fsp3) is 0.417. The van der Waals surface area contributed by atoms with Crippen molar-refractivity contribution in [2.75, 3.05) is 30.2 Å². The van der Waals surface area contributed by atoms with Gasteiger partial charge >= 0.3 is 12.2 Å². The average Bonchev–Trinajstić information content (AvgIpc) is 2.38. The quantitative estimate of drug-likeness (QED) is 0.813. The Morgan fingerprint density at radius 3 is 2.00 bits per heavy atom. The van der Waals surface area contributed by atoms with Gasteiger partial charge in [0.1, 0.15) is 0 Å². The maximum atomic E-state index is 12.4. The lowest BCUT2D eigenvalue weighted by atomic mass is 10.2. The predicted molar refractivity (Wildman–Crippen MR) is 73.5 cm³/mol. The van der Waals surface area contributed by atoms with Crippen LogP contribution in [-0.4, -0.2) is 35.8 Å². The van der Waals surface area contributed by atoms with Crippen molar-refractivity contribution in [2.24, 2.45) is 0 Å². The summed E-state index contributed by atoms with van der Waals surface area (Å²) in [5.41, 5.74) is -0.494. The summed E-state index contributed by atoms with van der Waals surface area (Å²) in [6, 6.07) is 3.75. The van der Waals surface area contributed by atoms with Gasteiger partial charge in [0.2, 0.25) is 0 Å². The van der Waals surface area contributed by atoms with Gasteiger partial charge in [-0.1, -0.05) is 0 Å². The topological polar surface area (TPSA) is 32.3 Å². The number of halogens is 5. The Bertz CT molecular complexity index is 431. The molecule has 0 fully saturated rings. The van der Waals surface area contributed by atoms with Crippen molar-refractivity contribution >= 4 is 34.9 Å². The third-order valence-corrected chi connectivity index (χ3v) is 2.80. The molecule has 0 atom stereocenters. The van der Waals surface area contributed by atoms with Crippen LogP contribution in [-0.2, 0) is 6.18 Å². The first-order valence-corrected chi connectivity index (χ1v) is 6.80. The monoisotopic (exact) mass is 328 g/mol. The highest BCUT2D eigenvalue weighted by Gasteiger charge is 2.30. The van der Waals surface area contributed by atoms with Gasteiger partial charge in [-0.3, -0.25) is 0 Å². The van der Waals surface area contributed by atoms with Gasteiger partial charge in [0.05, 0.1) is 5.56 Å². The van der Waals surface area contributed by atoms with Gasteiger partial charge in [-0.2, -0.15) is 13.2 Å². The van der Waals surface area contributed by atoms with Crippen molar-refractivity contribution in [1.82, 2.24) is 4.90 Å². The molecule has 0 aromatic heterocycles. The largest absolute Gasteiger partial charge is 0.416 e. The van der Waals surface area contributed by atoms with Crippen molar-refractivity contribution in [3.8, 4) is 0 Å². The average molecular weight is 329 g/mol. The Morgan fingerprint density at radius 1 is 1.10 bits per heavy atom. The summed E-state index contributed by atoms with van der Waals surface area (Å²) in [7, 11) is 0. The maximum absolute atomic E-state index is 12.4. The molecule has 20 heavy (non-hydrogen) atoms. The highest BCUT2D eigenvalue weighted by atomic mass is 35.5. The number of anilines is 1. The molecular formula is C12H13Cl2F3N2O. The minimum Gasteiger partial charge on any atom is -0.322 e. The molecule has 1 aromatic carbocycles. The second-order valence-corrected chi connectivity index (χ2v) is 4.63. The highest BCUT2D eigenvalue weighted by molar-refractivity contribution is 6.18. The molecule has 3 nitrogen and oxygen atoms in total. The van der Waals surface area contributed by atoms with E-state index in [9.17, 15) is 18.0 Å². The normalized spacial score (nSPS) is 11.2. The number of hydrogen-bond donors (Lipinski definition) is 1. The lowest BCUT2D eigenvalue weighted by molar-refractivity contribution is -0.137. The lowest BCUT2D eigenvalue weighted by Crippen LogP contribution is -2.37. The van der Waals surface area contributed by atoms with E-state index < -0.39 is 17.8 Å². The zero-order chi connectivity index (χ0) is 15.2. The van der Waals surface area contributed by atoms with Crippen LogP contribution in [0.25, 0.3) is 0 Å². The van der Waals surface area contributed by atoms with Gasteiger partial charge in [-0.05, 0) is 24.3 Å². The number of hydrogen-bond acceptors (Lipinski definition) is 1. The number of rotatable bonds is 5. The Hall–Kier alpha value is -1.14. The summed E-state index contributed by atoms with van der Waals surface area (Å²) in [5.74, 6) is 0.495. The van der Waals surface area contributed by atoms with Gasteiger partial charge < -0.3 is 10.2 Å². The number of amides is 2. The van der Waals surface area contributed by atoms with Crippen LogP contribution in [0.15, 0.2) is 24.3 Å². The maximum Gasteiger partial charge on any atom is 0.416 e. The van der Waals surface area contributed by atoms with Gasteiger partial charge in [-0.15, -0.1) is 23.2 Å². The fourth-order valence-electron chi connectivity index (χ4n) is 1.46. The minimum atomic E-state index is -4.40. The summed E-state index contributed by atoms with van der Waals surface area (Å²) in [6.07, 6.45) is -4.40. The number of alkyl halides is 5. The molecular weight excluding hydrogens is 316 g/mol. The van der Waals surface area contributed by atoms with Crippen LogP contribution in [0.2, 0.25) is 0 Å². The molecule has 0 spiro atoms. The van der Waals surface area contributed by atoms with E-state index in [2.05, 4.69) is 5.32 Å². The van der Waals surface area contributed by atoms with Crippen LogP contribution >= 0.6 is 23.2 Å². The fourth-order valence-corrected chi connectivity index (χ4v) is 1.87. The molecule has 0 aliphatic heterocycles. The second-order valence-electron chi connectivity index (χ2n) is 3.87. The summed E-state index contributed by atoms with van der Waals surface area (Å²) >= 11 is 11.1. The number of nitrogens with one attached hydrogen (secondary N) is 1. The van der Waals surface area contributed by atoms with Gasteiger partial charge in [-0.25, -0.2) is 4.79 Å². The molecule has 1 rings (SSSR count). The summed E-state index contributed by atoms with van der Waals surface area (Å²) in [5, 5.41) is 2.49. The lowest BCUT2D eigenvalue weighted by Gasteiger charge is -2.21. The van der Waals surface area contributed by atoms with Crippen molar-refractivity contribution in [1.29, 1.82) is 0 Å². The van der Waals surface area contributed by atoms with E-state index in [4.69, 9.17) is 23.2 Å². The summed E-state index contributed by atoms with van der Waals surface area (Å²) in [4.78, 5) is 13.2. The smallest absolute Gasteiger partial charge is 0.322 e. The second kappa shape index (κ2) is 7.59. The zero-order valence-electron chi connectivity index (χ0n) is 10.4. The molecule has 8 heteroatoms. The summed E-state index contributed by atoms with van der Waals surface area (Å²) < 4.78 is 37.2. The summed E-state index contributed by atoms with van der Waals surface area (Å²) in [6.45, 7) is 0.613. The van der Waals surface area contributed by atoms with Gasteiger partial charge in [0.25, 0.3) is 0 Å². The van der Waals surface area contributed by atoms with Crippen LogP contribution < -0.4 is 5.32 Å². The molecule has 112 valence electrons. The zero-order valence-corrected chi connectivity index (χ0v) is 11.9. The highest BCUT2D eigenvalue weighted by Crippen LogP contribution is 2.29. The Kier molecular flexibility index (Phi) is 6.42. The minimum absolute atomic E-state index is 0.247. The van der Waals surface area contributed by atoms with E-state index in [1.165, 1.54) is 17.0 Å². The predicted octanol–water partition coefficient (Wildman–Crippen LogP) is 4.02. The molecule has 2 amide bonds. The van der Waals surface area contributed by atoms with Gasteiger partial charge in [0, 0.05) is 30.5 Å². The third-order valence-electron chi connectivity index (χ3n) is 2.46. The number of nitrogens with zero attached hydrogens (tertiary/aromatic N) is 1. The first kappa shape index (κ1) is 16.9. The molecule has 1 N–H and O–H groups in total. The molecule has 0 aliphatic rings. The molecule has 0 bridgehead atoms. The molecule has 0 saturated carbocycles. The number of benzene rings is 1.